The number of nitrogens with one attached hydrogen (secondary N) is 1. The zero-order valence-electron chi connectivity index (χ0n) is 12.3. The Kier molecular flexibility index (Phi) is 5.01. The molecule has 4 nitrogen and oxygen atoms in total. The van der Waals surface area contributed by atoms with E-state index in [-0.39, 0.29) is 16.2 Å². The summed E-state index contributed by atoms with van der Waals surface area (Å²) in [5, 5.41) is 0. The van der Waals surface area contributed by atoms with Crippen molar-refractivity contribution in [1.29, 1.82) is 0 Å². The van der Waals surface area contributed by atoms with Gasteiger partial charge in [-0.05, 0) is 36.3 Å². The standard InChI is InChI=1S/C15H22N2O2S2/c1-2-6-15(7-8-15)11-17-21(18,19)10-12-4-3-5-13(9-12)14(16)20/h3-5,9,17H,2,6-8,10-11H2,1H3,(H2,16,20). The van der Waals surface area contributed by atoms with Crippen LogP contribution >= 0.6 is 12.2 Å². The highest BCUT2D eigenvalue weighted by Crippen LogP contribution is 2.49. The molecule has 1 aromatic rings. The molecule has 0 bridgehead atoms. The van der Waals surface area contributed by atoms with E-state index in [1.807, 2.05) is 0 Å². The van der Waals surface area contributed by atoms with Gasteiger partial charge in [-0.3, -0.25) is 0 Å². The SMILES string of the molecule is CCCC1(CNS(=O)(=O)Cc2cccc(C(N)=S)c2)CC1. The van der Waals surface area contributed by atoms with Gasteiger partial charge >= 0.3 is 0 Å². The molecule has 21 heavy (non-hydrogen) atoms. The maximum Gasteiger partial charge on any atom is 0.215 e. The van der Waals surface area contributed by atoms with Crippen LogP contribution in [0.1, 0.15) is 43.7 Å². The van der Waals surface area contributed by atoms with Crippen LogP contribution in [0.25, 0.3) is 0 Å². The van der Waals surface area contributed by atoms with Crippen molar-refractivity contribution >= 4 is 27.2 Å². The smallest absolute Gasteiger partial charge is 0.215 e. The molecule has 0 aliphatic heterocycles. The van der Waals surface area contributed by atoms with Crippen LogP contribution in [0.5, 0.6) is 0 Å². The zero-order valence-corrected chi connectivity index (χ0v) is 13.9. The first-order valence-electron chi connectivity index (χ1n) is 7.22. The number of benzene rings is 1. The fourth-order valence-corrected chi connectivity index (χ4v) is 3.94. The first-order chi connectivity index (χ1) is 9.86. The average Bonchev–Trinajstić information content (AvgIpc) is 3.17. The van der Waals surface area contributed by atoms with Crippen LogP contribution in [0, 0.1) is 5.41 Å². The van der Waals surface area contributed by atoms with Crippen LogP contribution in [0.15, 0.2) is 24.3 Å². The highest BCUT2D eigenvalue weighted by molar-refractivity contribution is 7.88. The molecule has 1 aromatic carbocycles. The lowest BCUT2D eigenvalue weighted by Gasteiger charge is -2.15. The fourth-order valence-electron chi connectivity index (χ4n) is 2.57. The summed E-state index contributed by atoms with van der Waals surface area (Å²) >= 11 is 4.91. The second-order valence-corrected chi connectivity index (χ2v) is 8.14. The molecule has 1 aliphatic carbocycles. The molecule has 0 radical (unpaired) electrons. The first-order valence-corrected chi connectivity index (χ1v) is 9.28. The summed E-state index contributed by atoms with van der Waals surface area (Å²) in [6, 6.07) is 7.07. The number of nitrogens with two attached hydrogens (primary N) is 1. The quantitative estimate of drug-likeness (QED) is 0.719. The van der Waals surface area contributed by atoms with Crippen molar-refractivity contribution in [3.8, 4) is 0 Å². The van der Waals surface area contributed by atoms with Gasteiger partial charge in [-0.2, -0.15) is 0 Å². The molecular weight excluding hydrogens is 304 g/mol. The Bertz CT molecular complexity index is 622. The summed E-state index contributed by atoms with van der Waals surface area (Å²) in [5.74, 6) is -0.0361. The van der Waals surface area contributed by atoms with E-state index in [1.165, 1.54) is 0 Å². The highest BCUT2D eigenvalue weighted by Gasteiger charge is 2.41. The van der Waals surface area contributed by atoms with Crippen molar-refractivity contribution < 1.29 is 8.42 Å². The Labute approximate surface area is 132 Å². The number of hydrogen-bond acceptors (Lipinski definition) is 3. The maximum atomic E-state index is 12.2. The lowest BCUT2D eigenvalue weighted by Crippen LogP contribution is -2.31. The molecular formula is C15H22N2O2S2. The Morgan fingerprint density at radius 1 is 1.43 bits per heavy atom. The van der Waals surface area contributed by atoms with Gasteiger partial charge in [-0.15, -0.1) is 0 Å². The van der Waals surface area contributed by atoms with Gasteiger partial charge in [0.1, 0.15) is 4.99 Å². The molecule has 0 unspecified atom stereocenters. The van der Waals surface area contributed by atoms with Crippen LogP contribution in [0.2, 0.25) is 0 Å². The summed E-state index contributed by atoms with van der Waals surface area (Å²) in [6.07, 6.45) is 4.44. The topological polar surface area (TPSA) is 72.2 Å². The zero-order chi connectivity index (χ0) is 15.5. The largest absolute Gasteiger partial charge is 0.389 e. The summed E-state index contributed by atoms with van der Waals surface area (Å²) < 4.78 is 27.1. The minimum Gasteiger partial charge on any atom is -0.389 e. The molecule has 6 heteroatoms. The number of hydrogen-bond donors (Lipinski definition) is 2. The molecule has 0 aromatic heterocycles. The second kappa shape index (κ2) is 6.42. The predicted molar refractivity (Wildman–Crippen MR) is 89.5 cm³/mol. The second-order valence-electron chi connectivity index (χ2n) is 5.89. The van der Waals surface area contributed by atoms with Gasteiger partial charge < -0.3 is 5.73 Å². The van der Waals surface area contributed by atoms with E-state index in [0.29, 0.717) is 17.7 Å². The summed E-state index contributed by atoms with van der Waals surface area (Å²) in [6.45, 7) is 2.69. The van der Waals surface area contributed by atoms with Crippen molar-refractivity contribution in [3.63, 3.8) is 0 Å². The van der Waals surface area contributed by atoms with Crippen LogP contribution in [-0.2, 0) is 15.8 Å². The average molecular weight is 326 g/mol. The van der Waals surface area contributed by atoms with Gasteiger partial charge in [0.2, 0.25) is 10.0 Å². The minimum absolute atomic E-state index is 0.0361. The van der Waals surface area contributed by atoms with E-state index in [0.717, 1.165) is 25.7 Å². The van der Waals surface area contributed by atoms with Crippen LogP contribution in [-0.4, -0.2) is 20.0 Å². The summed E-state index contributed by atoms with van der Waals surface area (Å²) in [4.78, 5) is 0.280. The molecule has 1 aliphatic rings. The molecule has 116 valence electrons. The van der Waals surface area contributed by atoms with Crippen LogP contribution in [0.4, 0.5) is 0 Å². The van der Waals surface area contributed by atoms with Gasteiger partial charge in [-0.1, -0.05) is 43.8 Å². The summed E-state index contributed by atoms with van der Waals surface area (Å²) in [5.41, 5.74) is 7.18. The number of thiocarbonyl (C=S) groups is 1. The fraction of sp³-hybridized carbons (Fsp3) is 0.533. The van der Waals surface area contributed by atoms with E-state index in [1.54, 1.807) is 24.3 Å². The van der Waals surface area contributed by atoms with Crippen molar-refractivity contribution in [1.82, 2.24) is 4.72 Å². The van der Waals surface area contributed by atoms with Crippen LogP contribution < -0.4 is 10.5 Å². The molecule has 0 heterocycles. The number of rotatable bonds is 8. The van der Waals surface area contributed by atoms with Crippen molar-refractivity contribution in [3.05, 3.63) is 35.4 Å². The molecule has 0 spiro atoms. The van der Waals surface area contributed by atoms with Gasteiger partial charge in [-0.25, -0.2) is 13.1 Å². The van der Waals surface area contributed by atoms with E-state index in [4.69, 9.17) is 18.0 Å². The molecule has 2 rings (SSSR count). The summed E-state index contributed by atoms with van der Waals surface area (Å²) in [7, 11) is -3.32. The Hall–Kier alpha value is -0.980. The molecule has 1 fully saturated rings. The molecule has 0 saturated heterocycles. The molecule has 0 amide bonds. The number of sulfonamides is 1. The van der Waals surface area contributed by atoms with E-state index in [2.05, 4.69) is 11.6 Å². The lowest BCUT2D eigenvalue weighted by molar-refractivity contribution is 0.449. The molecule has 3 N–H and O–H groups in total. The predicted octanol–water partition coefficient (Wildman–Crippen LogP) is 2.32. The maximum absolute atomic E-state index is 12.2. The molecule has 0 atom stereocenters. The van der Waals surface area contributed by atoms with Crippen molar-refractivity contribution in [2.75, 3.05) is 6.54 Å². The van der Waals surface area contributed by atoms with E-state index < -0.39 is 10.0 Å². The monoisotopic (exact) mass is 326 g/mol. The van der Waals surface area contributed by atoms with E-state index >= 15 is 0 Å². The van der Waals surface area contributed by atoms with Crippen LogP contribution in [0.3, 0.4) is 0 Å². The lowest BCUT2D eigenvalue weighted by atomic mass is 10.0. The third-order valence-corrected chi connectivity index (χ3v) is 5.51. The third-order valence-electron chi connectivity index (χ3n) is 3.97. The van der Waals surface area contributed by atoms with Crippen molar-refractivity contribution in [2.45, 2.75) is 38.4 Å². The van der Waals surface area contributed by atoms with Crippen molar-refractivity contribution in [2.24, 2.45) is 11.1 Å². The van der Waals surface area contributed by atoms with Gasteiger partial charge in [0.15, 0.2) is 0 Å². The van der Waals surface area contributed by atoms with Gasteiger partial charge in [0, 0.05) is 12.1 Å². The Balaban J connectivity index is 1.98. The van der Waals surface area contributed by atoms with Gasteiger partial charge in [0.25, 0.3) is 0 Å². The van der Waals surface area contributed by atoms with Gasteiger partial charge in [0.05, 0.1) is 5.75 Å². The Morgan fingerprint density at radius 3 is 2.71 bits per heavy atom. The Morgan fingerprint density at radius 2 is 2.14 bits per heavy atom. The normalized spacial score (nSPS) is 16.6. The molecule has 1 saturated carbocycles. The van der Waals surface area contributed by atoms with E-state index in [9.17, 15) is 8.42 Å². The minimum atomic E-state index is -3.32. The third kappa shape index (κ3) is 4.76. The highest BCUT2D eigenvalue weighted by atomic mass is 32.2. The first kappa shape index (κ1) is 16.4.